The third kappa shape index (κ3) is 3.10. The van der Waals surface area contributed by atoms with Crippen LogP contribution in [0.25, 0.3) is 11.1 Å². The SMILES string of the molecule is C=C(C)Cc1cccc(-c2cc(C)cc(C)c2)c1C1CC1. The summed E-state index contributed by atoms with van der Waals surface area (Å²) in [5.41, 5.74) is 9.79. The molecule has 0 bridgehead atoms. The summed E-state index contributed by atoms with van der Waals surface area (Å²) >= 11 is 0. The van der Waals surface area contributed by atoms with E-state index in [4.69, 9.17) is 0 Å². The first-order chi connectivity index (χ1) is 10.0. The normalized spacial score (nSPS) is 14.2. The molecule has 108 valence electrons. The van der Waals surface area contributed by atoms with E-state index in [9.17, 15) is 0 Å². The quantitative estimate of drug-likeness (QED) is 0.604. The second kappa shape index (κ2) is 5.52. The van der Waals surface area contributed by atoms with Crippen LogP contribution in [-0.4, -0.2) is 0 Å². The fourth-order valence-corrected chi connectivity index (χ4v) is 3.33. The van der Waals surface area contributed by atoms with Gasteiger partial charge in [0.15, 0.2) is 0 Å². The molecule has 2 aromatic rings. The molecule has 0 nitrogen and oxygen atoms in total. The maximum absolute atomic E-state index is 4.10. The van der Waals surface area contributed by atoms with Crippen molar-refractivity contribution in [2.45, 2.75) is 46.0 Å². The Hall–Kier alpha value is -1.82. The summed E-state index contributed by atoms with van der Waals surface area (Å²) in [7, 11) is 0. The number of benzene rings is 2. The molecule has 2 aromatic carbocycles. The zero-order valence-corrected chi connectivity index (χ0v) is 13.4. The Kier molecular flexibility index (Phi) is 3.71. The van der Waals surface area contributed by atoms with Gasteiger partial charge in [0, 0.05) is 0 Å². The van der Waals surface area contributed by atoms with Crippen molar-refractivity contribution in [3.8, 4) is 11.1 Å². The van der Waals surface area contributed by atoms with E-state index in [1.54, 1.807) is 5.56 Å². The summed E-state index contributed by atoms with van der Waals surface area (Å²) < 4.78 is 0. The predicted octanol–water partition coefficient (Wildman–Crippen LogP) is 5.97. The third-order valence-corrected chi connectivity index (χ3v) is 4.21. The van der Waals surface area contributed by atoms with E-state index in [1.807, 2.05) is 0 Å². The molecule has 0 N–H and O–H groups in total. The van der Waals surface area contributed by atoms with Gasteiger partial charge in [0.1, 0.15) is 0 Å². The van der Waals surface area contributed by atoms with Crippen LogP contribution in [0.1, 0.15) is 47.9 Å². The van der Waals surface area contributed by atoms with Crippen LogP contribution in [-0.2, 0) is 6.42 Å². The molecule has 21 heavy (non-hydrogen) atoms. The lowest BCUT2D eigenvalue weighted by atomic mass is 9.89. The van der Waals surface area contributed by atoms with Crippen LogP contribution in [0.15, 0.2) is 48.6 Å². The molecule has 0 aromatic heterocycles. The van der Waals surface area contributed by atoms with Crippen molar-refractivity contribution in [2.24, 2.45) is 0 Å². The summed E-state index contributed by atoms with van der Waals surface area (Å²) in [4.78, 5) is 0. The molecule has 0 heterocycles. The fourth-order valence-electron chi connectivity index (χ4n) is 3.33. The topological polar surface area (TPSA) is 0 Å². The van der Waals surface area contributed by atoms with Crippen LogP contribution in [0.4, 0.5) is 0 Å². The molecule has 0 atom stereocenters. The highest BCUT2D eigenvalue weighted by molar-refractivity contribution is 5.71. The van der Waals surface area contributed by atoms with E-state index >= 15 is 0 Å². The first kappa shape index (κ1) is 14.1. The Morgan fingerprint density at radius 1 is 1.10 bits per heavy atom. The van der Waals surface area contributed by atoms with E-state index in [2.05, 4.69) is 63.7 Å². The second-order valence-corrected chi connectivity index (χ2v) is 6.66. The number of allylic oxidation sites excluding steroid dienone is 1. The van der Waals surface area contributed by atoms with Crippen LogP contribution >= 0.6 is 0 Å². The Bertz CT molecular complexity index is 667. The van der Waals surface area contributed by atoms with Gasteiger partial charge in [-0.05, 0) is 68.2 Å². The first-order valence-electron chi connectivity index (χ1n) is 7.89. The molecule has 0 radical (unpaired) electrons. The van der Waals surface area contributed by atoms with E-state index in [-0.39, 0.29) is 0 Å². The minimum atomic E-state index is 0.761. The molecule has 0 amide bonds. The van der Waals surface area contributed by atoms with Gasteiger partial charge in [-0.15, -0.1) is 0 Å². The highest BCUT2D eigenvalue weighted by Gasteiger charge is 2.28. The summed E-state index contributed by atoms with van der Waals surface area (Å²) in [5.74, 6) is 0.761. The van der Waals surface area contributed by atoms with Gasteiger partial charge in [0.25, 0.3) is 0 Å². The molecule has 0 unspecified atom stereocenters. The summed E-state index contributed by atoms with van der Waals surface area (Å²) in [5, 5.41) is 0. The molecular formula is C21H24. The predicted molar refractivity (Wildman–Crippen MR) is 91.8 cm³/mol. The van der Waals surface area contributed by atoms with Gasteiger partial charge in [-0.1, -0.05) is 59.7 Å². The third-order valence-electron chi connectivity index (χ3n) is 4.21. The van der Waals surface area contributed by atoms with Gasteiger partial charge in [0.05, 0.1) is 0 Å². The largest absolute Gasteiger partial charge is 0.0998 e. The lowest BCUT2D eigenvalue weighted by molar-refractivity contribution is 1.04. The second-order valence-electron chi connectivity index (χ2n) is 6.66. The molecule has 1 saturated carbocycles. The Morgan fingerprint density at radius 2 is 1.76 bits per heavy atom. The van der Waals surface area contributed by atoms with Gasteiger partial charge in [-0.3, -0.25) is 0 Å². The average Bonchev–Trinajstić information content (AvgIpc) is 3.20. The molecule has 1 fully saturated rings. The van der Waals surface area contributed by atoms with Gasteiger partial charge in [-0.2, -0.15) is 0 Å². The minimum absolute atomic E-state index is 0.761. The minimum Gasteiger partial charge on any atom is -0.0998 e. The molecule has 3 rings (SSSR count). The average molecular weight is 276 g/mol. The monoisotopic (exact) mass is 276 g/mol. The number of aryl methyl sites for hydroxylation is 2. The Labute approximate surface area is 128 Å². The Balaban J connectivity index is 2.15. The maximum atomic E-state index is 4.10. The van der Waals surface area contributed by atoms with Crippen LogP contribution in [0.3, 0.4) is 0 Å². The molecule has 0 saturated heterocycles. The van der Waals surface area contributed by atoms with Crippen molar-refractivity contribution >= 4 is 0 Å². The van der Waals surface area contributed by atoms with Crippen molar-refractivity contribution in [3.63, 3.8) is 0 Å². The lowest BCUT2D eigenvalue weighted by Gasteiger charge is -2.16. The number of hydrogen-bond acceptors (Lipinski definition) is 0. The Morgan fingerprint density at radius 3 is 2.33 bits per heavy atom. The maximum Gasteiger partial charge on any atom is -0.00695 e. The lowest BCUT2D eigenvalue weighted by Crippen LogP contribution is -1.97. The van der Waals surface area contributed by atoms with Crippen LogP contribution in [0.5, 0.6) is 0 Å². The molecule has 1 aliphatic rings. The number of rotatable bonds is 4. The van der Waals surface area contributed by atoms with Crippen LogP contribution < -0.4 is 0 Å². The van der Waals surface area contributed by atoms with Crippen LogP contribution in [0, 0.1) is 13.8 Å². The first-order valence-corrected chi connectivity index (χ1v) is 7.89. The van der Waals surface area contributed by atoms with Crippen LogP contribution in [0.2, 0.25) is 0 Å². The van der Waals surface area contributed by atoms with E-state index < -0.39 is 0 Å². The zero-order valence-electron chi connectivity index (χ0n) is 13.4. The zero-order chi connectivity index (χ0) is 15.0. The van der Waals surface area contributed by atoms with Gasteiger partial charge in [0.2, 0.25) is 0 Å². The fraction of sp³-hybridized carbons (Fsp3) is 0.333. The molecule has 0 aliphatic heterocycles. The number of hydrogen-bond donors (Lipinski definition) is 0. The van der Waals surface area contributed by atoms with Gasteiger partial charge >= 0.3 is 0 Å². The molecule has 0 heteroatoms. The molecule has 0 spiro atoms. The standard InChI is InChI=1S/C21H24/c1-14(2)10-18-6-5-7-20(21(18)17-8-9-17)19-12-15(3)11-16(4)13-19/h5-7,11-13,17H,1,8-10H2,2-4H3. The summed E-state index contributed by atoms with van der Waals surface area (Å²) in [6.45, 7) is 10.6. The van der Waals surface area contributed by atoms with E-state index in [0.29, 0.717) is 0 Å². The van der Waals surface area contributed by atoms with Gasteiger partial charge < -0.3 is 0 Å². The summed E-state index contributed by atoms with van der Waals surface area (Å²) in [6, 6.07) is 13.7. The van der Waals surface area contributed by atoms with Gasteiger partial charge in [-0.25, -0.2) is 0 Å². The smallest absolute Gasteiger partial charge is 0.00695 e. The van der Waals surface area contributed by atoms with E-state index in [0.717, 1.165) is 12.3 Å². The highest BCUT2D eigenvalue weighted by atomic mass is 14.3. The van der Waals surface area contributed by atoms with Crippen molar-refractivity contribution in [1.29, 1.82) is 0 Å². The molecular weight excluding hydrogens is 252 g/mol. The van der Waals surface area contributed by atoms with Crippen molar-refractivity contribution < 1.29 is 0 Å². The van der Waals surface area contributed by atoms with E-state index in [1.165, 1.54) is 46.2 Å². The summed E-state index contributed by atoms with van der Waals surface area (Å²) in [6.07, 6.45) is 3.68. The highest BCUT2D eigenvalue weighted by Crippen LogP contribution is 2.46. The van der Waals surface area contributed by atoms with Crippen molar-refractivity contribution in [1.82, 2.24) is 0 Å². The van der Waals surface area contributed by atoms with Crippen molar-refractivity contribution in [3.05, 3.63) is 70.8 Å². The van der Waals surface area contributed by atoms with Crippen molar-refractivity contribution in [2.75, 3.05) is 0 Å². The molecule has 1 aliphatic carbocycles.